The van der Waals surface area contributed by atoms with E-state index in [2.05, 4.69) is 10.6 Å². The van der Waals surface area contributed by atoms with Gasteiger partial charge in [-0.05, 0) is 30.3 Å². The molecule has 2 N–H and O–H groups in total. The number of hydrogen-bond acceptors (Lipinski definition) is 3. The van der Waals surface area contributed by atoms with Crippen LogP contribution in [0.1, 0.15) is 10.4 Å². The summed E-state index contributed by atoms with van der Waals surface area (Å²) in [6.45, 7) is -0.231. The van der Waals surface area contributed by atoms with Gasteiger partial charge in [-0.25, -0.2) is 4.39 Å². The number of aromatic nitrogens is 1. The number of rotatable bonds is 4. The summed E-state index contributed by atoms with van der Waals surface area (Å²) in [5.41, 5.74) is 0.698. The third kappa shape index (κ3) is 3.46. The molecule has 2 amide bonds. The average molecular weight is 353 g/mol. The van der Waals surface area contributed by atoms with Crippen molar-refractivity contribution in [3.63, 3.8) is 0 Å². The van der Waals surface area contributed by atoms with Crippen molar-refractivity contribution in [3.05, 3.63) is 76.3 Å². The Morgan fingerprint density at radius 3 is 2.46 bits per heavy atom. The van der Waals surface area contributed by atoms with Crippen molar-refractivity contribution < 1.29 is 14.0 Å². The zero-order chi connectivity index (χ0) is 18.7. The maximum atomic E-state index is 12.9. The van der Waals surface area contributed by atoms with E-state index in [1.807, 2.05) is 0 Å². The second kappa shape index (κ2) is 7.18. The average Bonchev–Trinajstić information content (AvgIpc) is 2.65. The lowest BCUT2D eigenvalue weighted by Crippen LogP contribution is -2.30. The van der Waals surface area contributed by atoms with Crippen LogP contribution in [0.4, 0.5) is 10.1 Å². The Bertz CT molecular complexity index is 1040. The van der Waals surface area contributed by atoms with Gasteiger partial charge in [0.15, 0.2) is 0 Å². The highest BCUT2D eigenvalue weighted by atomic mass is 19.1. The summed E-state index contributed by atoms with van der Waals surface area (Å²) in [5.74, 6) is -1.22. The molecule has 2 aromatic carbocycles. The summed E-state index contributed by atoms with van der Waals surface area (Å²) in [4.78, 5) is 36.8. The van der Waals surface area contributed by atoms with Crippen LogP contribution >= 0.6 is 0 Å². The zero-order valence-corrected chi connectivity index (χ0v) is 14.0. The number of carbonyl (C=O) groups excluding carboxylic acids is 2. The van der Waals surface area contributed by atoms with Gasteiger partial charge in [0.05, 0.1) is 11.1 Å². The highest BCUT2D eigenvalue weighted by Gasteiger charge is 2.15. The van der Waals surface area contributed by atoms with Gasteiger partial charge >= 0.3 is 0 Å². The molecular formula is C19H16FN3O3. The van der Waals surface area contributed by atoms with Crippen molar-refractivity contribution in [2.24, 2.45) is 0 Å². The van der Waals surface area contributed by atoms with Gasteiger partial charge in [-0.1, -0.05) is 18.2 Å². The minimum Gasteiger partial charge on any atom is -0.355 e. The van der Waals surface area contributed by atoms with Crippen molar-refractivity contribution in [2.45, 2.75) is 6.54 Å². The number of amides is 2. The van der Waals surface area contributed by atoms with Gasteiger partial charge in [0.1, 0.15) is 12.4 Å². The Morgan fingerprint density at radius 1 is 1.08 bits per heavy atom. The minimum atomic E-state index is -0.462. The molecule has 0 aliphatic heterocycles. The lowest BCUT2D eigenvalue weighted by molar-refractivity contribution is -0.116. The quantitative estimate of drug-likeness (QED) is 0.754. The van der Waals surface area contributed by atoms with E-state index in [0.717, 1.165) is 0 Å². The fourth-order valence-corrected chi connectivity index (χ4v) is 2.70. The molecule has 0 saturated heterocycles. The molecule has 26 heavy (non-hydrogen) atoms. The van der Waals surface area contributed by atoms with Crippen LogP contribution in [0, 0.1) is 5.82 Å². The minimum absolute atomic E-state index is 0.231. The number of anilines is 1. The number of carbonyl (C=O) groups is 2. The lowest BCUT2D eigenvalue weighted by atomic mass is 10.1. The molecule has 7 heteroatoms. The molecular weight excluding hydrogens is 337 g/mol. The Balaban J connectivity index is 1.96. The van der Waals surface area contributed by atoms with E-state index < -0.39 is 17.3 Å². The maximum Gasteiger partial charge on any atom is 0.252 e. The third-order valence-corrected chi connectivity index (χ3v) is 3.92. The number of nitrogens with one attached hydrogen (secondary N) is 2. The van der Waals surface area contributed by atoms with Crippen molar-refractivity contribution >= 4 is 28.4 Å². The molecule has 0 radical (unpaired) electrons. The summed E-state index contributed by atoms with van der Waals surface area (Å²) in [5, 5.41) is 5.68. The van der Waals surface area contributed by atoms with Crippen LogP contribution in [0.15, 0.2) is 59.4 Å². The lowest BCUT2D eigenvalue weighted by Gasteiger charge is -2.13. The third-order valence-electron chi connectivity index (χ3n) is 3.92. The van der Waals surface area contributed by atoms with E-state index in [9.17, 15) is 18.8 Å². The Hall–Kier alpha value is -3.48. The highest BCUT2D eigenvalue weighted by Crippen LogP contribution is 2.17. The van der Waals surface area contributed by atoms with Gasteiger partial charge < -0.3 is 10.6 Å². The van der Waals surface area contributed by atoms with Gasteiger partial charge in [-0.3, -0.25) is 19.0 Å². The molecule has 0 fully saturated rings. The van der Waals surface area contributed by atoms with Gasteiger partial charge in [0.25, 0.3) is 11.5 Å². The van der Waals surface area contributed by atoms with Crippen LogP contribution in [0.3, 0.4) is 0 Å². The SMILES string of the molecule is CNC(=O)c1cc(=O)n(CC(=O)Nc2ccc(F)cc2)c2ccccc12. The van der Waals surface area contributed by atoms with Crippen molar-refractivity contribution in [2.75, 3.05) is 12.4 Å². The Morgan fingerprint density at radius 2 is 1.77 bits per heavy atom. The zero-order valence-electron chi connectivity index (χ0n) is 14.0. The molecule has 0 aliphatic carbocycles. The summed E-state index contributed by atoms with van der Waals surface area (Å²) in [7, 11) is 1.48. The molecule has 6 nitrogen and oxygen atoms in total. The van der Waals surface area contributed by atoms with Crippen molar-refractivity contribution in [3.8, 4) is 0 Å². The summed E-state index contributed by atoms with van der Waals surface area (Å²) < 4.78 is 14.2. The molecule has 3 aromatic rings. The summed E-state index contributed by atoms with van der Waals surface area (Å²) >= 11 is 0. The fraction of sp³-hybridized carbons (Fsp3) is 0.105. The number of benzene rings is 2. The molecule has 0 bridgehead atoms. The number of hydrogen-bond donors (Lipinski definition) is 2. The van der Waals surface area contributed by atoms with Crippen molar-refractivity contribution in [1.29, 1.82) is 0 Å². The van der Waals surface area contributed by atoms with Gasteiger partial charge in [-0.15, -0.1) is 0 Å². The van der Waals surface area contributed by atoms with E-state index in [-0.39, 0.29) is 18.0 Å². The van der Waals surface area contributed by atoms with E-state index in [1.165, 1.54) is 41.9 Å². The smallest absolute Gasteiger partial charge is 0.252 e. The van der Waals surface area contributed by atoms with Crippen LogP contribution in [0.5, 0.6) is 0 Å². The molecule has 0 unspecified atom stereocenters. The van der Waals surface area contributed by atoms with Gasteiger partial charge in [-0.2, -0.15) is 0 Å². The van der Waals surface area contributed by atoms with Crippen LogP contribution < -0.4 is 16.2 Å². The molecule has 0 aliphatic rings. The van der Waals surface area contributed by atoms with E-state index >= 15 is 0 Å². The first-order valence-electron chi connectivity index (χ1n) is 7.89. The number of fused-ring (bicyclic) bond motifs is 1. The number of para-hydroxylation sites is 1. The largest absolute Gasteiger partial charge is 0.355 e. The van der Waals surface area contributed by atoms with Crippen LogP contribution in [-0.4, -0.2) is 23.4 Å². The summed E-state index contributed by atoms with van der Waals surface area (Å²) in [6, 6.07) is 13.4. The summed E-state index contributed by atoms with van der Waals surface area (Å²) in [6.07, 6.45) is 0. The second-order valence-corrected chi connectivity index (χ2v) is 5.63. The van der Waals surface area contributed by atoms with Crippen LogP contribution in [0.2, 0.25) is 0 Å². The van der Waals surface area contributed by atoms with E-state index in [0.29, 0.717) is 16.6 Å². The highest BCUT2D eigenvalue weighted by molar-refractivity contribution is 6.06. The van der Waals surface area contributed by atoms with E-state index in [1.54, 1.807) is 24.3 Å². The predicted molar refractivity (Wildman–Crippen MR) is 96.6 cm³/mol. The van der Waals surface area contributed by atoms with Crippen molar-refractivity contribution in [1.82, 2.24) is 9.88 Å². The molecule has 1 heterocycles. The Labute approximate surface area is 148 Å². The standard InChI is InChI=1S/C19H16FN3O3/c1-21-19(26)15-10-18(25)23(16-5-3-2-4-14(15)16)11-17(24)22-13-8-6-12(20)7-9-13/h2-10H,11H2,1H3,(H,21,26)(H,22,24). The monoisotopic (exact) mass is 353 g/mol. The first-order valence-corrected chi connectivity index (χ1v) is 7.89. The predicted octanol–water partition coefficient (Wildman–Crippen LogP) is 2.14. The molecule has 0 atom stereocenters. The first-order chi connectivity index (χ1) is 12.5. The Kier molecular flexibility index (Phi) is 4.79. The molecule has 3 rings (SSSR count). The number of nitrogens with zero attached hydrogens (tertiary/aromatic N) is 1. The van der Waals surface area contributed by atoms with Gasteiger partial charge in [0.2, 0.25) is 5.91 Å². The van der Waals surface area contributed by atoms with Gasteiger partial charge in [0, 0.05) is 24.2 Å². The van der Waals surface area contributed by atoms with Crippen LogP contribution in [-0.2, 0) is 11.3 Å². The second-order valence-electron chi connectivity index (χ2n) is 5.63. The first kappa shape index (κ1) is 17.3. The normalized spacial score (nSPS) is 10.5. The molecule has 1 aromatic heterocycles. The molecule has 0 saturated carbocycles. The fourth-order valence-electron chi connectivity index (χ4n) is 2.70. The number of halogens is 1. The molecule has 132 valence electrons. The van der Waals surface area contributed by atoms with E-state index in [4.69, 9.17) is 0 Å². The number of pyridine rings is 1. The van der Waals surface area contributed by atoms with Crippen LogP contribution in [0.25, 0.3) is 10.9 Å². The maximum absolute atomic E-state index is 12.9. The topological polar surface area (TPSA) is 80.2 Å². The molecule has 0 spiro atoms.